The van der Waals surface area contributed by atoms with Crippen LogP contribution in [0.4, 0.5) is 13.2 Å². The molecule has 0 aliphatic heterocycles. The van der Waals surface area contributed by atoms with Gasteiger partial charge in [0.2, 0.25) is 0 Å². The molecular formula is C14H16BrClF3N. The van der Waals surface area contributed by atoms with Crippen LogP contribution in [0.5, 0.6) is 0 Å². The molecule has 2 rings (SSSR count). The van der Waals surface area contributed by atoms with Crippen LogP contribution in [0.3, 0.4) is 0 Å². The van der Waals surface area contributed by atoms with Crippen LogP contribution in [-0.4, -0.2) is 11.7 Å². The minimum Gasteiger partial charge on any atom is -0.325 e. The van der Waals surface area contributed by atoms with Gasteiger partial charge < -0.3 is 5.73 Å². The standard InChI is InChI=1S/C14H16BrClF3N/c15-11-2-1-9(12(16)7-11)8-13(20)5-3-10(4-6-13)14(17,18)19/h1-2,7,10H,3-6,8,20H2. The second-order valence-electron chi connectivity index (χ2n) is 5.59. The van der Waals surface area contributed by atoms with E-state index in [2.05, 4.69) is 15.9 Å². The molecule has 1 aliphatic rings. The van der Waals surface area contributed by atoms with Crippen LogP contribution in [0.25, 0.3) is 0 Å². The van der Waals surface area contributed by atoms with Crippen LogP contribution >= 0.6 is 27.5 Å². The van der Waals surface area contributed by atoms with Crippen molar-refractivity contribution in [1.82, 2.24) is 0 Å². The van der Waals surface area contributed by atoms with Crippen LogP contribution in [0.1, 0.15) is 31.2 Å². The fourth-order valence-corrected chi connectivity index (χ4v) is 3.48. The van der Waals surface area contributed by atoms with E-state index in [-0.39, 0.29) is 12.8 Å². The predicted molar refractivity (Wildman–Crippen MR) is 77.8 cm³/mol. The maximum Gasteiger partial charge on any atom is 0.391 e. The normalized spacial score (nSPS) is 27.6. The SMILES string of the molecule is NC1(Cc2ccc(Br)cc2Cl)CCC(C(F)(F)F)CC1. The van der Waals surface area contributed by atoms with Crippen molar-refractivity contribution in [2.24, 2.45) is 11.7 Å². The van der Waals surface area contributed by atoms with Gasteiger partial charge in [0.05, 0.1) is 5.92 Å². The summed E-state index contributed by atoms with van der Waals surface area (Å²) in [5.41, 5.74) is 6.57. The Labute approximate surface area is 129 Å². The van der Waals surface area contributed by atoms with E-state index in [0.717, 1.165) is 10.0 Å². The van der Waals surface area contributed by atoms with E-state index < -0.39 is 17.6 Å². The fraction of sp³-hybridized carbons (Fsp3) is 0.571. The lowest BCUT2D eigenvalue weighted by molar-refractivity contribution is -0.184. The molecule has 0 bridgehead atoms. The molecule has 6 heteroatoms. The van der Waals surface area contributed by atoms with E-state index in [0.29, 0.717) is 24.3 Å². The first-order valence-corrected chi connectivity index (χ1v) is 7.66. The van der Waals surface area contributed by atoms with Crippen LogP contribution in [0, 0.1) is 5.92 Å². The largest absolute Gasteiger partial charge is 0.391 e. The number of rotatable bonds is 2. The molecule has 0 spiro atoms. The highest BCUT2D eigenvalue weighted by atomic mass is 79.9. The van der Waals surface area contributed by atoms with Gasteiger partial charge in [-0.05, 0) is 49.8 Å². The smallest absolute Gasteiger partial charge is 0.325 e. The Morgan fingerprint density at radius 2 is 1.90 bits per heavy atom. The summed E-state index contributed by atoms with van der Waals surface area (Å²) in [7, 11) is 0. The molecule has 1 saturated carbocycles. The maximum absolute atomic E-state index is 12.7. The Morgan fingerprint density at radius 3 is 2.40 bits per heavy atom. The Kier molecular flexibility index (Phi) is 4.72. The number of hydrogen-bond donors (Lipinski definition) is 1. The van der Waals surface area contributed by atoms with Crippen LogP contribution < -0.4 is 5.73 Å². The first-order valence-electron chi connectivity index (χ1n) is 6.49. The van der Waals surface area contributed by atoms with Gasteiger partial charge >= 0.3 is 6.18 Å². The van der Waals surface area contributed by atoms with Gasteiger partial charge in [0.15, 0.2) is 0 Å². The number of hydrogen-bond acceptors (Lipinski definition) is 1. The van der Waals surface area contributed by atoms with Crippen molar-refractivity contribution in [3.8, 4) is 0 Å². The molecule has 0 atom stereocenters. The van der Waals surface area contributed by atoms with Crippen molar-refractivity contribution in [1.29, 1.82) is 0 Å². The Balaban J connectivity index is 2.03. The zero-order valence-electron chi connectivity index (χ0n) is 10.8. The van der Waals surface area contributed by atoms with E-state index in [4.69, 9.17) is 17.3 Å². The van der Waals surface area contributed by atoms with E-state index in [1.165, 1.54) is 0 Å². The lowest BCUT2D eigenvalue weighted by Crippen LogP contribution is -2.47. The van der Waals surface area contributed by atoms with Crippen LogP contribution in [0.2, 0.25) is 5.02 Å². The average Bonchev–Trinajstić information content (AvgIpc) is 2.32. The minimum atomic E-state index is -4.10. The summed E-state index contributed by atoms with van der Waals surface area (Å²) in [6.07, 6.45) is -2.62. The van der Waals surface area contributed by atoms with Gasteiger partial charge in [-0.15, -0.1) is 0 Å². The van der Waals surface area contributed by atoms with Crippen molar-refractivity contribution in [2.45, 2.75) is 43.8 Å². The van der Waals surface area contributed by atoms with E-state index in [1.807, 2.05) is 12.1 Å². The Bertz CT molecular complexity index is 482. The monoisotopic (exact) mass is 369 g/mol. The molecule has 0 aromatic heterocycles. The second-order valence-corrected chi connectivity index (χ2v) is 6.91. The van der Waals surface area contributed by atoms with E-state index in [9.17, 15) is 13.2 Å². The van der Waals surface area contributed by atoms with Crippen LogP contribution in [0.15, 0.2) is 22.7 Å². The molecule has 0 radical (unpaired) electrons. The molecular weight excluding hydrogens is 355 g/mol. The molecule has 1 aromatic rings. The number of alkyl halides is 3. The Hall–Kier alpha value is -0.260. The van der Waals surface area contributed by atoms with Crippen molar-refractivity contribution in [3.63, 3.8) is 0 Å². The summed E-state index contributed by atoms with van der Waals surface area (Å²) in [6, 6.07) is 5.52. The number of benzene rings is 1. The molecule has 1 fully saturated rings. The molecule has 20 heavy (non-hydrogen) atoms. The van der Waals surface area contributed by atoms with E-state index >= 15 is 0 Å². The summed E-state index contributed by atoms with van der Waals surface area (Å²) in [4.78, 5) is 0. The molecule has 112 valence electrons. The number of halogens is 5. The lowest BCUT2D eigenvalue weighted by atomic mass is 9.74. The van der Waals surface area contributed by atoms with Gasteiger partial charge in [-0.2, -0.15) is 13.2 Å². The molecule has 1 nitrogen and oxygen atoms in total. The first kappa shape index (κ1) is 16.1. The highest BCUT2D eigenvalue weighted by molar-refractivity contribution is 9.10. The van der Waals surface area contributed by atoms with Crippen LogP contribution in [-0.2, 0) is 6.42 Å². The quantitative estimate of drug-likeness (QED) is 0.770. The highest BCUT2D eigenvalue weighted by Crippen LogP contribution is 2.41. The molecule has 0 unspecified atom stereocenters. The van der Waals surface area contributed by atoms with Crippen molar-refractivity contribution < 1.29 is 13.2 Å². The van der Waals surface area contributed by atoms with Crippen molar-refractivity contribution >= 4 is 27.5 Å². The molecule has 0 saturated heterocycles. The molecule has 0 amide bonds. The van der Waals surface area contributed by atoms with Gasteiger partial charge in [0.1, 0.15) is 0 Å². The fourth-order valence-electron chi connectivity index (χ4n) is 2.74. The van der Waals surface area contributed by atoms with Gasteiger partial charge in [-0.3, -0.25) is 0 Å². The predicted octanol–water partition coefficient (Wildman–Crippen LogP) is 5.10. The van der Waals surface area contributed by atoms with Crippen molar-refractivity contribution in [2.75, 3.05) is 0 Å². The van der Waals surface area contributed by atoms with Crippen molar-refractivity contribution in [3.05, 3.63) is 33.3 Å². The first-order chi connectivity index (χ1) is 9.20. The summed E-state index contributed by atoms with van der Waals surface area (Å²) in [5.74, 6) is -1.21. The molecule has 1 aromatic carbocycles. The van der Waals surface area contributed by atoms with Gasteiger partial charge in [-0.25, -0.2) is 0 Å². The lowest BCUT2D eigenvalue weighted by Gasteiger charge is -2.38. The average molecular weight is 371 g/mol. The summed E-state index contributed by atoms with van der Waals surface area (Å²) in [6.45, 7) is 0. The minimum absolute atomic E-state index is 0.105. The number of nitrogens with two attached hydrogens (primary N) is 1. The van der Waals surface area contributed by atoms with Gasteiger partial charge in [0, 0.05) is 15.0 Å². The topological polar surface area (TPSA) is 26.0 Å². The molecule has 1 aliphatic carbocycles. The molecule has 0 heterocycles. The van der Waals surface area contributed by atoms with Gasteiger partial charge in [0.25, 0.3) is 0 Å². The maximum atomic E-state index is 12.7. The third-order valence-electron chi connectivity index (χ3n) is 4.00. The Morgan fingerprint density at radius 1 is 1.30 bits per heavy atom. The third-order valence-corrected chi connectivity index (χ3v) is 4.85. The summed E-state index contributed by atoms with van der Waals surface area (Å²) >= 11 is 9.47. The van der Waals surface area contributed by atoms with E-state index in [1.54, 1.807) is 6.07 Å². The zero-order valence-corrected chi connectivity index (χ0v) is 13.2. The second kappa shape index (κ2) is 5.85. The highest BCUT2D eigenvalue weighted by Gasteiger charge is 2.44. The molecule has 2 N–H and O–H groups in total. The van der Waals surface area contributed by atoms with Gasteiger partial charge in [-0.1, -0.05) is 33.6 Å². The zero-order chi connectivity index (χ0) is 15.0. The summed E-state index contributed by atoms with van der Waals surface area (Å²) in [5, 5.41) is 0.599. The summed E-state index contributed by atoms with van der Waals surface area (Å²) < 4.78 is 38.9. The third kappa shape index (κ3) is 3.89.